The van der Waals surface area contributed by atoms with Crippen LogP contribution in [0.2, 0.25) is 5.02 Å². The van der Waals surface area contributed by atoms with E-state index in [1.807, 2.05) is 0 Å². The van der Waals surface area contributed by atoms with Gasteiger partial charge >= 0.3 is 0 Å². The molecule has 3 aromatic carbocycles. The number of benzene rings is 3. The van der Waals surface area contributed by atoms with E-state index in [0.717, 1.165) is 6.07 Å². The molecule has 11 heteroatoms. The van der Waals surface area contributed by atoms with Gasteiger partial charge in [0.05, 0.1) is 23.1 Å². The number of hydrogen-bond donors (Lipinski definition) is 2. The van der Waals surface area contributed by atoms with Crippen molar-refractivity contribution in [3.63, 3.8) is 0 Å². The van der Waals surface area contributed by atoms with Gasteiger partial charge in [-0.05, 0) is 54.1 Å². The number of sulfonamides is 1. The van der Waals surface area contributed by atoms with E-state index in [1.54, 1.807) is 36.4 Å². The average molecular weight is 461 g/mol. The first-order valence-electron chi connectivity index (χ1n) is 8.78. The van der Waals surface area contributed by atoms with Crippen molar-refractivity contribution in [3.05, 3.63) is 87.4 Å². The summed E-state index contributed by atoms with van der Waals surface area (Å²) >= 11 is 5.90. The van der Waals surface area contributed by atoms with Crippen LogP contribution in [0.3, 0.4) is 0 Å². The van der Waals surface area contributed by atoms with Gasteiger partial charge in [0.25, 0.3) is 15.7 Å². The lowest BCUT2D eigenvalue weighted by atomic mass is 10.2. The van der Waals surface area contributed by atoms with Crippen LogP contribution in [-0.2, 0) is 10.0 Å². The molecule has 0 aromatic heterocycles. The monoisotopic (exact) mass is 460 g/mol. The average Bonchev–Trinajstić information content (AvgIpc) is 2.74. The van der Waals surface area contributed by atoms with Gasteiger partial charge in [-0.2, -0.15) is 5.10 Å². The minimum atomic E-state index is -4.05. The molecule has 0 saturated carbocycles. The van der Waals surface area contributed by atoms with Crippen molar-refractivity contribution in [2.24, 2.45) is 5.10 Å². The lowest BCUT2D eigenvalue weighted by Gasteiger charge is -2.10. The van der Waals surface area contributed by atoms with Crippen LogP contribution in [0.15, 0.2) is 76.7 Å². The lowest BCUT2D eigenvalue weighted by molar-refractivity contribution is -0.384. The molecule has 0 unspecified atom stereocenters. The van der Waals surface area contributed by atoms with Gasteiger partial charge in [-0.3, -0.25) is 20.3 Å². The second-order valence-electron chi connectivity index (χ2n) is 6.20. The molecule has 0 amide bonds. The van der Waals surface area contributed by atoms with E-state index in [0.29, 0.717) is 16.3 Å². The Morgan fingerprint density at radius 1 is 1.10 bits per heavy atom. The fourth-order valence-electron chi connectivity index (χ4n) is 2.56. The smallest absolute Gasteiger partial charge is 0.295 e. The molecule has 9 nitrogen and oxygen atoms in total. The van der Waals surface area contributed by atoms with Crippen LogP contribution >= 0.6 is 11.6 Å². The van der Waals surface area contributed by atoms with Crippen molar-refractivity contribution in [2.45, 2.75) is 4.90 Å². The molecule has 2 N–H and O–H groups in total. The van der Waals surface area contributed by atoms with Gasteiger partial charge in [-0.15, -0.1) is 0 Å². The number of methoxy groups -OCH3 is 1. The van der Waals surface area contributed by atoms with E-state index in [4.69, 9.17) is 16.3 Å². The third kappa shape index (κ3) is 5.71. The highest BCUT2D eigenvalue weighted by atomic mass is 35.5. The van der Waals surface area contributed by atoms with Gasteiger partial charge in [-0.25, -0.2) is 8.42 Å². The van der Waals surface area contributed by atoms with Gasteiger partial charge in [0.15, 0.2) is 0 Å². The standard InChI is InChI=1S/C20H17ClN4O5S/c1-30-17-7-5-16(6-8-17)24-31(28,29)18-9-10-19(20(12-18)25(26)27)23-22-13-14-3-2-4-15(21)11-14/h2-13,23-24H,1H3/b22-13+. The van der Waals surface area contributed by atoms with Crippen LogP contribution < -0.4 is 14.9 Å². The van der Waals surface area contributed by atoms with Gasteiger partial charge < -0.3 is 4.74 Å². The lowest BCUT2D eigenvalue weighted by Crippen LogP contribution is -2.13. The minimum absolute atomic E-state index is 0.0340. The SMILES string of the molecule is COc1ccc(NS(=O)(=O)c2ccc(N/N=C/c3cccc(Cl)c3)c([N+](=O)[O-])c2)cc1. The molecular formula is C20H17ClN4O5S. The maximum atomic E-state index is 12.6. The van der Waals surface area contributed by atoms with Crippen molar-refractivity contribution in [1.82, 2.24) is 0 Å². The topological polar surface area (TPSA) is 123 Å². The molecule has 160 valence electrons. The summed E-state index contributed by atoms with van der Waals surface area (Å²) in [5, 5.41) is 16.0. The molecule has 0 fully saturated rings. The Morgan fingerprint density at radius 2 is 1.84 bits per heavy atom. The first-order chi connectivity index (χ1) is 14.8. The highest BCUT2D eigenvalue weighted by Gasteiger charge is 2.21. The third-order valence-corrected chi connectivity index (χ3v) is 5.68. The number of anilines is 2. The van der Waals surface area contributed by atoms with Gasteiger partial charge in [0, 0.05) is 16.8 Å². The number of halogens is 1. The Kier molecular flexibility index (Phi) is 6.73. The largest absolute Gasteiger partial charge is 0.497 e. The van der Waals surface area contributed by atoms with E-state index in [9.17, 15) is 18.5 Å². The predicted molar refractivity (Wildman–Crippen MR) is 120 cm³/mol. The zero-order valence-electron chi connectivity index (χ0n) is 16.2. The number of hydrogen-bond acceptors (Lipinski definition) is 7. The van der Waals surface area contributed by atoms with Gasteiger partial charge in [-0.1, -0.05) is 23.7 Å². The van der Waals surface area contributed by atoms with E-state index in [-0.39, 0.29) is 16.3 Å². The first kappa shape index (κ1) is 22.1. The summed E-state index contributed by atoms with van der Waals surface area (Å²) < 4.78 is 32.7. The van der Waals surface area contributed by atoms with E-state index in [1.165, 1.54) is 37.6 Å². The number of nitrogens with one attached hydrogen (secondary N) is 2. The molecule has 3 rings (SSSR count). The number of nitrogens with zero attached hydrogens (tertiary/aromatic N) is 2. The van der Waals surface area contributed by atoms with Crippen LogP contribution in [0.4, 0.5) is 17.1 Å². The number of nitro benzene ring substituents is 1. The molecule has 0 aliphatic carbocycles. The summed E-state index contributed by atoms with van der Waals surface area (Å²) in [4.78, 5) is 10.5. The zero-order chi connectivity index (χ0) is 22.4. The van der Waals surface area contributed by atoms with Crippen molar-refractivity contribution >= 4 is 44.9 Å². The Hall–Kier alpha value is -3.63. The zero-order valence-corrected chi connectivity index (χ0v) is 17.7. The van der Waals surface area contributed by atoms with Crippen molar-refractivity contribution in [2.75, 3.05) is 17.3 Å². The molecule has 0 heterocycles. The molecule has 31 heavy (non-hydrogen) atoms. The molecule has 0 atom stereocenters. The summed E-state index contributed by atoms with van der Waals surface area (Å²) in [5.74, 6) is 0.562. The fourth-order valence-corrected chi connectivity index (χ4v) is 3.84. The molecule has 0 radical (unpaired) electrons. The summed E-state index contributed by atoms with van der Waals surface area (Å²) in [6.45, 7) is 0. The summed E-state index contributed by atoms with van der Waals surface area (Å²) in [6.07, 6.45) is 1.44. The van der Waals surface area contributed by atoms with Crippen LogP contribution in [0, 0.1) is 10.1 Å². The van der Waals surface area contributed by atoms with Crippen LogP contribution in [0.1, 0.15) is 5.56 Å². The van der Waals surface area contributed by atoms with Gasteiger partial charge in [0.1, 0.15) is 11.4 Å². The first-order valence-corrected chi connectivity index (χ1v) is 10.6. The minimum Gasteiger partial charge on any atom is -0.497 e. The predicted octanol–water partition coefficient (Wildman–Crippen LogP) is 4.50. The number of rotatable bonds is 8. The third-order valence-electron chi connectivity index (χ3n) is 4.07. The maximum absolute atomic E-state index is 12.6. The summed E-state index contributed by atoms with van der Waals surface area (Å²) in [5.41, 5.74) is 3.12. The Labute approximate surface area is 183 Å². The molecular weight excluding hydrogens is 444 g/mol. The van der Waals surface area contributed by atoms with E-state index in [2.05, 4.69) is 15.2 Å². The molecule has 0 spiro atoms. The molecule has 0 aliphatic rings. The number of nitro groups is 1. The van der Waals surface area contributed by atoms with Crippen molar-refractivity contribution in [1.29, 1.82) is 0 Å². The van der Waals surface area contributed by atoms with Crippen LogP contribution in [0.25, 0.3) is 0 Å². The van der Waals surface area contributed by atoms with Crippen molar-refractivity contribution < 1.29 is 18.1 Å². The van der Waals surface area contributed by atoms with Crippen molar-refractivity contribution in [3.8, 4) is 5.75 Å². The molecule has 0 bridgehead atoms. The fraction of sp³-hybridized carbons (Fsp3) is 0.0500. The molecule has 0 aliphatic heterocycles. The second-order valence-corrected chi connectivity index (χ2v) is 8.31. The number of ether oxygens (including phenoxy) is 1. The highest BCUT2D eigenvalue weighted by molar-refractivity contribution is 7.92. The van der Waals surface area contributed by atoms with Crippen LogP contribution in [-0.4, -0.2) is 26.7 Å². The van der Waals surface area contributed by atoms with E-state index < -0.39 is 20.6 Å². The molecule has 0 saturated heterocycles. The number of hydrazone groups is 1. The summed E-state index contributed by atoms with van der Waals surface area (Å²) in [7, 11) is -2.56. The second kappa shape index (κ2) is 9.45. The van der Waals surface area contributed by atoms with E-state index >= 15 is 0 Å². The quantitative estimate of drug-likeness (QED) is 0.290. The Bertz CT molecular complexity index is 1230. The maximum Gasteiger partial charge on any atom is 0.295 e. The van der Waals surface area contributed by atoms with Crippen LogP contribution in [0.5, 0.6) is 5.75 Å². The Balaban J connectivity index is 1.82. The Morgan fingerprint density at radius 3 is 2.48 bits per heavy atom. The normalized spacial score (nSPS) is 11.3. The molecule has 3 aromatic rings. The summed E-state index contributed by atoms with van der Waals surface area (Å²) in [6, 6.07) is 16.6. The van der Waals surface area contributed by atoms with Gasteiger partial charge in [0.2, 0.25) is 0 Å². The highest BCUT2D eigenvalue weighted by Crippen LogP contribution is 2.29.